The van der Waals surface area contributed by atoms with Gasteiger partial charge < -0.3 is 11.1 Å². The first-order valence-electron chi connectivity index (χ1n) is 5.30. The molecule has 1 aromatic heterocycles. The highest BCUT2D eigenvalue weighted by atomic mass is 16.1. The second-order valence-electron chi connectivity index (χ2n) is 4.91. The first kappa shape index (κ1) is 12.6. The monoisotopic (exact) mass is 221 g/mol. The van der Waals surface area contributed by atoms with Crippen LogP contribution in [0.4, 0.5) is 5.82 Å². The van der Waals surface area contributed by atoms with Crippen LogP contribution in [0.5, 0.6) is 0 Å². The number of aromatic nitrogens is 1. The number of nitrogen functional groups attached to an aromatic ring is 1. The number of Topliss-reactive ketones (excluding diaryl/α,β-unsaturated/α-hetero) is 1. The van der Waals surface area contributed by atoms with Crippen molar-refractivity contribution in [2.24, 2.45) is 0 Å². The quantitative estimate of drug-likeness (QED) is 0.760. The van der Waals surface area contributed by atoms with E-state index in [0.717, 1.165) is 5.56 Å². The average Bonchev–Trinajstić information content (AvgIpc) is 2.13. The molecule has 0 aliphatic carbocycles. The molecule has 1 aromatic rings. The summed E-state index contributed by atoms with van der Waals surface area (Å²) in [7, 11) is 0. The summed E-state index contributed by atoms with van der Waals surface area (Å²) in [6.45, 7) is 8.18. The minimum atomic E-state index is -0.0828. The number of carbonyl (C=O) groups is 1. The van der Waals surface area contributed by atoms with Gasteiger partial charge in [0.15, 0.2) is 5.78 Å². The fraction of sp³-hybridized carbons (Fsp3) is 0.500. The summed E-state index contributed by atoms with van der Waals surface area (Å²) in [5.74, 6) is 0.290. The van der Waals surface area contributed by atoms with Gasteiger partial charge in [0.2, 0.25) is 0 Å². The van der Waals surface area contributed by atoms with Gasteiger partial charge in [0.25, 0.3) is 0 Å². The highest BCUT2D eigenvalue weighted by molar-refractivity contribution is 6.02. The van der Waals surface area contributed by atoms with Gasteiger partial charge in [-0.05, 0) is 39.3 Å². The van der Waals surface area contributed by atoms with Gasteiger partial charge in [-0.1, -0.05) is 0 Å². The molecule has 0 amide bonds. The largest absolute Gasteiger partial charge is 0.383 e. The summed E-state index contributed by atoms with van der Waals surface area (Å²) >= 11 is 0. The van der Waals surface area contributed by atoms with E-state index in [1.54, 1.807) is 12.3 Å². The summed E-state index contributed by atoms with van der Waals surface area (Å²) in [4.78, 5) is 15.9. The van der Waals surface area contributed by atoms with E-state index >= 15 is 0 Å². The van der Waals surface area contributed by atoms with Gasteiger partial charge in [-0.25, -0.2) is 4.98 Å². The Bertz CT molecular complexity index is 373. The zero-order valence-electron chi connectivity index (χ0n) is 10.3. The van der Waals surface area contributed by atoms with Gasteiger partial charge in [0.05, 0.1) is 12.1 Å². The number of nitrogens with two attached hydrogens (primary N) is 1. The Hall–Kier alpha value is -1.42. The van der Waals surface area contributed by atoms with Crippen molar-refractivity contribution in [1.29, 1.82) is 0 Å². The summed E-state index contributed by atoms with van der Waals surface area (Å²) in [6, 6.07) is 1.79. The average molecular weight is 221 g/mol. The van der Waals surface area contributed by atoms with Crippen LogP contribution in [0.1, 0.15) is 36.7 Å². The summed E-state index contributed by atoms with van der Waals surface area (Å²) < 4.78 is 0. The van der Waals surface area contributed by atoms with Crippen LogP contribution >= 0.6 is 0 Å². The molecule has 0 aromatic carbocycles. The van der Waals surface area contributed by atoms with E-state index < -0.39 is 0 Å². The molecule has 0 fully saturated rings. The van der Waals surface area contributed by atoms with Crippen LogP contribution in [-0.4, -0.2) is 22.9 Å². The van der Waals surface area contributed by atoms with Crippen molar-refractivity contribution in [2.75, 3.05) is 12.3 Å². The van der Waals surface area contributed by atoms with Crippen molar-refractivity contribution < 1.29 is 4.79 Å². The Labute approximate surface area is 96.3 Å². The molecule has 0 aliphatic rings. The number of pyridine rings is 1. The van der Waals surface area contributed by atoms with Gasteiger partial charge in [-0.15, -0.1) is 0 Å². The summed E-state index contributed by atoms with van der Waals surface area (Å²) in [6.07, 6.45) is 1.61. The maximum atomic E-state index is 12.0. The normalized spacial score (nSPS) is 11.5. The van der Waals surface area contributed by atoms with Crippen LogP contribution in [-0.2, 0) is 0 Å². The maximum absolute atomic E-state index is 12.0. The lowest BCUT2D eigenvalue weighted by atomic mass is 10.0. The fourth-order valence-electron chi connectivity index (χ4n) is 1.38. The highest BCUT2D eigenvalue weighted by Crippen LogP contribution is 2.14. The summed E-state index contributed by atoms with van der Waals surface area (Å²) in [5, 5.41) is 3.14. The van der Waals surface area contributed by atoms with E-state index in [1.807, 2.05) is 27.7 Å². The number of anilines is 1. The standard InChI is InChI=1S/C12H19N3O/c1-8-5-6-14-11(13)10(8)9(16)7-15-12(2,3)4/h5-6,15H,7H2,1-4H3,(H2,13,14). The predicted molar refractivity (Wildman–Crippen MR) is 65.5 cm³/mol. The number of hydrogen-bond donors (Lipinski definition) is 2. The minimum absolute atomic E-state index is 0.0157. The van der Waals surface area contributed by atoms with Crippen molar-refractivity contribution in [3.8, 4) is 0 Å². The van der Waals surface area contributed by atoms with E-state index in [2.05, 4.69) is 10.3 Å². The van der Waals surface area contributed by atoms with E-state index in [4.69, 9.17) is 5.73 Å². The van der Waals surface area contributed by atoms with Gasteiger partial charge in [0, 0.05) is 11.7 Å². The van der Waals surface area contributed by atoms with E-state index in [0.29, 0.717) is 11.4 Å². The highest BCUT2D eigenvalue weighted by Gasteiger charge is 2.16. The molecule has 4 heteroatoms. The number of aryl methyl sites for hydroxylation is 1. The second-order valence-corrected chi connectivity index (χ2v) is 4.91. The molecule has 0 unspecified atom stereocenters. The summed E-state index contributed by atoms with van der Waals surface area (Å²) in [5.41, 5.74) is 7.01. The number of nitrogens with zero attached hydrogens (tertiary/aromatic N) is 1. The Morgan fingerprint density at radius 1 is 1.50 bits per heavy atom. The number of hydrogen-bond acceptors (Lipinski definition) is 4. The van der Waals surface area contributed by atoms with E-state index in [1.165, 1.54) is 0 Å². The minimum Gasteiger partial charge on any atom is -0.383 e. The van der Waals surface area contributed by atoms with Gasteiger partial charge in [0.1, 0.15) is 5.82 Å². The first-order valence-corrected chi connectivity index (χ1v) is 5.30. The van der Waals surface area contributed by atoms with Crippen LogP contribution in [0, 0.1) is 6.92 Å². The molecule has 88 valence electrons. The molecule has 16 heavy (non-hydrogen) atoms. The molecule has 4 nitrogen and oxygen atoms in total. The molecule has 1 rings (SSSR count). The number of carbonyl (C=O) groups excluding carboxylic acids is 1. The molecule has 1 heterocycles. The Balaban J connectivity index is 2.81. The van der Waals surface area contributed by atoms with Crippen LogP contribution < -0.4 is 11.1 Å². The SMILES string of the molecule is Cc1ccnc(N)c1C(=O)CNC(C)(C)C. The smallest absolute Gasteiger partial charge is 0.180 e. The van der Waals surface area contributed by atoms with Crippen LogP contribution in [0.15, 0.2) is 12.3 Å². The van der Waals surface area contributed by atoms with Gasteiger partial charge in [-0.3, -0.25) is 4.79 Å². The Kier molecular flexibility index (Phi) is 3.65. The molecular weight excluding hydrogens is 202 g/mol. The molecule has 0 bridgehead atoms. The number of ketones is 1. The molecule has 0 radical (unpaired) electrons. The third-order valence-electron chi connectivity index (χ3n) is 2.25. The Morgan fingerprint density at radius 3 is 2.62 bits per heavy atom. The zero-order valence-corrected chi connectivity index (χ0v) is 10.3. The zero-order chi connectivity index (χ0) is 12.3. The number of nitrogens with one attached hydrogen (secondary N) is 1. The molecular formula is C12H19N3O. The molecule has 0 atom stereocenters. The number of rotatable bonds is 3. The topological polar surface area (TPSA) is 68.0 Å². The van der Waals surface area contributed by atoms with Crippen molar-refractivity contribution in [3.05, 3.63) is 23.4 Å². The lowest BCUT2D eigenvalue weighted by Crippen LogP contribution is -2.39. The van der Waals surface area contributed by atoms with Crippen molar-refractivity contribution in [3.63, 3.8) is 0 Å². The van der Waals surface area contributed by atoms with Crippen LogP contribution in [0.25, 0.3) is 0 Å². The maximum Gasteiger partial charge on any atom is 0.180 e. The fourth-order valence-corrected chi connectivity index (χ4v) is 1.38. The first-order chi connectivity index (χ1) is 7.31. The van der Waals surface area contributed by atoms with Crippen LogP contribution in [0.2, 0.25) is 0 Å². The van der Waals surface area contributed by atoms with Gasteiger partial charge >= 0.3 is 0 Å². The molecule has 0 aliphatic heterocycles. The Morgan fingerprint density at radius 2 is 2.12 bits per heavy atom. The van der Waals surface area contributed by atoms with Crippen molar-refractivity contribution >= 4 is 11.6 Å². The lowest BCUT2D eigenvalue weighted by Gasteiger charge is -2.20. The van der Waals surface area contributed by atoms with Crippen molar-refractivity contribution in [2.45, 2.75) is 33.2 Å². The molecule has 3 N–H and O–H groups in total. The van der Waals surface area contributed by atoms with Crippen molar-refractivity contribution in [1.82, 2.24) is 10.3 Å². The molecule has 0 spiro atoms. The van der Waals surface area contributed by atoms with Crippen LogP contribution in [0.3, 0.4) is 0 Å². The second kappa shape index (κ2) is 4.61. The van der Waals surface area contributed by atoms with E-state index in [9.17, 15) is 4.79 Å². The third-order valence-corrected chi connectivity index (χ3v) is 2.25. The van der Waals surface area contributed by atoms with Gasteiger partial charge in [-0.2, -0.15) is 0 Å². The third kappa shape index (κ3) is 3.31. The lowest BCUT2D eigenvalue weighted by molar-refractivity contribution is 0.0982. The predicted octanol–water partition coefficient (Wildman–Crippen LogP) is 1.54. The molecule has 0 saturated carbocycles. The van der Waals surface area contributed by atoms with E-state index in [-0.39, 0.29) is 17.9 Å². The molecule has 0 saturated heterocycles.